The van der Waals surface area contributed by atoms with Gasteiger partial charge in [-0.15, -0.1) is 0 Å². The van der Waals surface area contributed by atoms with Gasteiger partial charge in [-0.25, -0.2) is 0 Å². The third-order valence-electron chi connectivity index (χ3n) is 2.89. The number of methoxy groups -OCH3 is 1. The number of ether oxygens (including phenoxy) is 1. The summed E-state index contributed by atoms with van der Waals surface area (Å²) in [6.07, 6.45) is 0.986. The number of benzene rings is 1. The van der Waals surface area contributed by atoms with Gasteiger partial charge in [0.25, 0.3) is 0 Å². The molecule has 0 aliphatic rings. The molecule has 0 amide bonds. The minimum absolute atomic E-state index is 0.466. The molecule has 1 atom stereocenters. The molecule has 1 unspecified atom stereocenters. The van der Waals surface area contributed by atoms with Gasteiger partial charge in [0.05, 0.1) is 12.1 Å². The standard InChI is InChI=1S/C13H20ClNO/c1-9(2)11(6-7-15)10-4-5-13(16-3)12(14)8-10/h4-5,8-9,11H,6-7,15H2,1-3H3. The molecule has 0 spiro atoms. The van der Waals surface area contributed by atoms with Crippen molar-refractivity contribution in [2.24, 2.45) is 11.7 Å². The first-order valence-corrected chi connectivity index (χ1v) is 6.01. The first-order chi connectivity index (χ1) is 7.60. The van der Waals surface area contributed by atoms with Gasteiger partial charge in [0.2, 0.25) is 0 Å². The van der Waals surface area contributed by atoms with Crippen molar-refractivity contribution in [3.05, 3.63) is 28.8 Å². The van der Waals surface area contributed by atoms with Gasteiger partial charge < -0.3 is 10.5 Å². The second-order valence-electron chi connectivity index (χ2n) is 4.32. The molecule has 1 aromatic carbocycles. The molecule has 0 bridgehead atoms. The molecule has 0 radical (unpaired) electrons. The van der Waals surface area contributed by atoms with E-state index in [1.54, 1.807) is 7.11 Å². The van der Waals surface area contributed by atoms with Crippen LogP contribution in [0.4, 0.5) is 0 Å². The summed E-state index contributed by atoms with van der Waals surface area (Å²) in [4.78, 5) is 0. The van der Waals surface area contributed by atoms with Crippen LogP contribution in [0.2, 0.25) is 5.02 Å². The zero-order valence-corrected chi connectivity index (χ0v) is 10.9. The molecule has 0 aromatic heterocycles. The second-order valence-corrected chi connectivity index (χ2v) is 4.73. The zero-order valence-electron chi connectivity index (χ0n) is 10.2. The lowest BCUT2D eigenvalue weighted by molar-refractivity contribution is 0.414. The fourth-order valence-electron chi connectivity index (χ4n) is 1.98. The van der Waals surface area contributed by atoms with Gasteiger partial charge in [0, 0.05) is 0 Å². The summed E-state index contributed by atoms with van der Waals surface area (Å²) in [5.74, 6) is 1.75. The van der Waals surface area contributed by atoms with E-state index in [1.165, 1.54) is 5.56 Å². The third-order valence-corrected chi connectivity index (χ3v) is 3.18. The first kappa shape index (κ1) is 13.3. The summed E-state index contributed by atoms with van der Waals surface area (Å²) in [7, 11) is 1.63. The van der Waals surface area contributed by atoms with Gasteiger partial charge in [0.1, 0.15) is 5.75 Å². The summed E-state index contributed by atoms with van der Waals surface area (Å²) in [5, 5.41) is 0.669. The van der Waals surface area contributed by atoms with Crippen molar-refractivity contribution in [3.8, 4) is 5.75 Å². The second kappa shape index (κ2) is 6.12. The number of hydrogen-bond acceptors (Lipinski definition) is 2. The van der Waals surface area contributed by atoms with E-state index in [1.807, 2.05) is 12.1 Å². The van der Waals surface area contributed by atoms with Crippen molar-refractivity contribution in [1.82, 2.24) is 0 Å². The van der Waals surface area contributed by atoms with Gasteiger partial charge in [-0.05, 0) is 42.5 Å². The van der Waals surface area contributed by atoms with Gasteiger partial charge in [-0.2, -0.15) is 0 Å². The van der Waals surface area contributed by atoms with Crippen molar-refractivity contribution in [1.29, 1.82) is 0 Å². The molecular weight excluding hydrogens is 222 g/mol. The van der Waals surface area contributed by atoms with E-state index in [0.29, 0.717) is 23.4 Å². The molecule has 0 aliphatic carbocycles. The Morgan fingerprint density at radius 3 is 2.50 bits per heavy atom. The van der Waals surface area contributed by atoms with E-state index in [4.69, 9.17) is 22.1 Å². The normalized spacial score (nSPS) is 12.9. The van der Waals surface area contributed by atoms with E-state index in [2.05, 4.69) is 19.9 Å². The zero-order chi connectivity index (χ0) is 12.1. The number of hydrogen-bond donors (Lipinski definition) is 1. The predicted molar refractivity (Wildman–Crippen MR) is 69.3 cm³/mol. The Hall–Kier alpha value is -0.730. The lowest BCUT2D eigenvalue weighted by atomic mass is 9.86. The molecule has 1 rings (SSSR count). The van der Waals surface area contributed by atoms with Crippen LogP contribution in [0.25, 0.3) is 0 Å². The van der Waals surface area contributed by atoms with Crippen LogP contribution in [0.3, 0.4) is 0 Å². The van der Waals surface area contributed by atoms with E-state index in [0.717, 1.165) is 12.2 Å². The Kier molecular flexibility index (Phi) is 5.10. The Morgan fingerprint density at radius 2 is 2.06 bits per heavy atom. The van der Waals surface area contributed by atoms with Gasteiger partial charge in [-0.1, -0.05) is 31.5 Å². The fraction of sp³-hybridized carbons (Fsp3) is 0.538. The van der Waals surface area contributed by atoms with Gasteiger partial charge in [-0.3, -0.25) is 0 Å². The minimum Gasteiger partial charge on any atom is -0.495 e. The Morgan fingerprint density at radius 1 is 1.38 bits per heavy atom. The minimum atomic E-state index is 0.466. The van der Waals surface area contributed by atoms with Crippen LogP contribution in [0, 0.1) is 5.92 Å². The number of nitrogens with two attached hydrogens (primary N) is 1. The third kappa shape index (κ3) is 3.13. The van der Waals surface area contributed by atoms with E-state index in [-0.39, 0.29) is 0 Å². The monoisotopic (exact) mass is 241 g/mol. The van der Waals surface area contributed by atoms with Crippen LogP contribution in [0.1, 0.15) is 31.7 Å². The average molecular weight is 242 g/mol. The smallest absolute Gasteiger partial charge is 0.137 e. The van der Waals surface area contributed by atoms with Crippen molar-refractivity contribution in [2.75, 3.05) is 13.7 Å². The lowest BCUT2D eigenvalue weighted by Gasteiger charge is -2.21. The van der Waals surface area contributed by atoms with Gasteiger partial charge >= 0.3 is 0 Å². The van der Waals surface area contributed by atoms with Gasteiger partial charge in [0.15, 0.2) is 0 Å². The van der Waals surface area contributed by atoms with Crippen LogP contribution < -0.4 is 10.5 Å². The van der Waals surface area contributed by atoms with Crippen molar-refractivity contribution in [3.63, 3.8) is 0 Å². The molecule has 3 heteroatoms. The molecule has 16 heavy (non-hydrogen) atoms. The summed E-state index contributed by atoms with van der Waals surface area (Å²) in [6.45, 7) is 5.11. The molecule has 0 fully saturated rings. The highest BCUT2D eigenvalue weighted by Crippen LogP contribution is 2.33. The SMILES string of the molecule is COc1ccc(C(CCN)C(C)C)cc1Cl. The van der Waals surface area contributed by atoms with Crippen LogP contribution in [0.5, 0.6) is 5.75 Å². The van der Waals surface area contributed by atoms with E-state index >= 15 is 0 Å². The molecule has 90 valence electrons. The summed E-state index contributed by atoms with van der Waals surface area (Å²) in [6, 6.07) is 5.98. The average Bonchev–Trinajstić information content (AvgIpc) is 2.25. The summed E-state index contributed by atoms with van der Waals surface area (Å²) < 4.78 is 5.14. The highest BCUT2D eigenvalue weighted by Gasteiger charge is 2.16. The number of rotatable bonds is 5. The van der Waals surface area contributed by atoms with Crippen LogP contribution in [-0.4, -0.2) is 13.7 Å². The highest BCUT2D eigenvalue weighted by atomic mass is 35.5. The van der Waals surface area contributed by atoms with E-state index in [9.17, 15) is 0 Å². The molecule has 2 nitrogen and oxygen atoms in total. The summed E-state index contributed by atoms with van der Waals surface area (Å²) >= 11 is 6.12. The van der Waals surface area contributed by atoms with Crippen LogP contribution >= 0.6 is 11.6 Å². The van der Waals surface area contributed by atoms with E-state index < -0.39 is 0 Å². The van der Waals surface area contributed by atoms with Crippen molar-refractivity contribution < 1.29 is 4.74 Å². The molecule has 0 saturated carbocycles. The first-order valence-electron chi connectivity index (χ1n) is 5.63. The van der Waals surface area contributed by atoms with Crippen molar-refractivity contribution in [2.45, 2.75) is 26.2 Å². The van der Waals surface area contributed by atoms with Crippen LogP contribution in [0.15, 0.2) is 18.2 Å². The largest absolute Gasteiger partial charge is 0.495 e. The quantitative estimate of drug-likeness (QED) is 0.857. The Bertz CT molecular complexity index is 339. The molecule has 0 saturated heterocycles. The molecule has 1 aromatic rings. The van der Waals surface area contributed by atoms with Crippen molar-refractivity contribution >= 4 is 11.6 Å². The summed E-state index contributed by atoms with van der Waals surface area (Å²) in [5.41, 5.74) is 6.88. The molecular formula is C13H20ClNO. The maximum Gasteiger partial charge on any atom is 0.137 e. The lowest BCUT2D eigenvalue weighted by Crippen LogP contribution is -2.12. The molecule has 0 aliphatic heterocycles. The number of halogens is 1. The topological polar surface area (TPSA) is 35.2 Å². The molecule has 0 heterocycles. The Labute approximate surface area is 103 Å². The predicted octanol–water partition coefficient (Wildman–Crippen LogP) is 3.44. The molecule has 2 N–H and O–H groups in total. The van der Waals surface area contributed by atoms with Crippen LogP contribution in [-0.2, 0) is 0 Å². The highest BCUT2D eigenvalue weighted by molar-refractivity contribution is 6.32. The maximum absolute atomic E-state index is 6.12. The Balaban J connectivity index is 2.97. The maximum atomic E-state index is 6.12. The fourth-order valence-corrected chi connectivity index (χ4v) is 2.24.